The maximum atomic E-state index is 12.6. The summed E-state index contributed by atoms with van der Waals surface area (Å²) < 4.78 is 10.6. The third-order valence-corrected chi connectivity index (χ3v) is 3.88. The van der Waals surface area contributed by atoms with E-state index in [4.69, 9.17) is 9.47 Å². The minimum Gasteiger partial charge on any atom is -0.462 e. The molecule has 1 aliphatic rings. The SMILES string of the molecule is CCOC(=O)c1ccnc(CN[C@]2(C(=O)OC(C)(C)C)CCNC2)c1. The van der Waals surface area contributed by atoms with Crippen LogP contribution in [-0.4, -0.2) is 47.8 Å². The van der Waals surface area contributed by atoms with Crippen LogP contribution in [0, 0.1) is 0 Å². The van der Waals surface area contributed by atoms with Crippen LogP contribution in [0.3, 0.4) is 0 Å². The lowest BCUT2D eigenvalue weighted by Gasteiger charge is -2.31. The number of pyridine rings is 1. The second-order valence-corrected chi connectivity index (χ2v) is 7.12. The zero-order chi connectivity index (χ0) is 18.5. The van der Waals surface area contributed by atoms with Gasteiger partial charge in [0.1, 0.15) is 11.1 Å². The average molecular weight is 349 g/mol. The van der Waals surface area contributed by atoms with Gasteiger partial charge in [-0.3, -0.25) is 10.3 Å². The van der Waals surface area contributed by atoms with Gasteiger partial charge in [0, 0.05) is 19.3 Å². The van der Waals surface area contributed by atoms with Crippen LogP contribution in [0.4, 0.5) is 0 Å². The number of carbonyl (C=O) groups is 2. The monoisotopic (exact) mass is 349 g/mol. The van der Waals surface area contributed by atoms with Gasteiger partial charge in [0.25, 0.3) is 0 Å². The Bertz CT molecular complexity index is 619. The standard InChI is InChI=1S/C18H27N3O4/c1-5-24-15(22)13-6-8-20-14(10-13)11-21-18(7-9-19-12-18)16(23)25-17(2,3)4/h6,8,10,19,21H,5,7,9,11-12H2,1-4H3/t18-/m1/s1. The van der Waals surface area contributed by atoms with Gasteiger partial charge in [0.15, 0.2) is 0 Å². The van der Waals surface area contributed by atoms with Crippen LogP contribution in [0.1, 0.15) is 50.2 Å². The molecule has 1 aromatic heterocycles. The zero-order valence-electron chi connectivity index (χ0n) is 15.3. The normalized spacial score (nSPS) is 20.3. The molecule has 1 aromatic rings. The number of ether oxygens (including phenoxy) is 2. The molecule has 1 saturated heterocycles. The number of carbonyl (C=O) groups excluding carboxylic acids is 2. The predicted molar refractivity (Wildman–Crippen MR) is 93.1 cm³/mol. The molecule has 2 heterocycles. The summed E-state index contributed by atoms with van der Waals surface area (Å²) in [7, 11) is 0. The number of esters is 2. The van der Waals surface area contributed by atoms with Crippen LogP contribution in [0.2, 0.25) is 0 Å². The van der Waals surface area contributed by atoms with Crippen LogP contribution in [0.5, 0.6) is 0 Å². The van der Waals surface area contributed by atoms with Crippen LogP contribution in [0.15, 0.2) is 18.3 Å². The number of nitrogens with one attached hydrogen (secondary N) is 2. The lowest BCUT2D eigenvalue weighted by atomic mass is 9.98. The maximum Gasteiger partial charge on any atom is 0.338 e. The second-order valence-electron chi connectivity index (χ2n) is 7.12. The van der Waals surface area contributed by atoms with Gasteiger partial charge in [-0.15, -0.1) is 0 Å². The van der Waals surface area contributed by atoms with Gasteiger partial charge >= 0.3 is 11.9 Å². The van der Waals surface area contributed by atoms with E-state index in [1.54, 1.807) is 25.3 Å². The van der Waals surface area contributed by atoms with E-state index in [1.807, 2.05) is 20.8 Å². The number of rotatable bonds is 6. The van der Waals surface area contributed by atoms with Crippen molar-refractivity contribution < 1.29 is 19.1 Å². The highest BCUT2D eigenvalue weighted by Crippen LogP contribution is 2.21. The molecule has 1 fully saturated rings. The van der Waals surface area contributed by atoms with Crippen molar-refractivity contribution in [2.24, 2.45) is 0 Å². The molecule has 2 rings (SSSR count). The molecule has 0 unspecified atom stereocenters. The quantitative estimate of drug-likeness (QED) is 0.751. The summed E-state index contributed by atoms with van der Waals surface area (Å²) in [5.41, 5.74) is -0.212. The smallest absolute Gasteiger partial charge is 0.338 e. The fraction of sp³-hybridized carbons (Fsp3) is 0.611. The summed E-state index contributed by atoms with van der Waals surface area (Å²) in [5, 5.41) is 6.48. The molecule has 0 saturated carbocycles. The Balaban J connectivity index is 2.08. The summed E-state index contributed by atoms with van der Waals surface area (Å²) in [6.07, 6.45) is 2.20. The van der Waals surface area contributed by atoms with E-state index < -0.39 is 11.1 Å². The van der Waals surface area contributed by atoms with E-state index in [2.05, 4.69) is 15.6 Å². The van der Waals surface area contributed by atoms with E-state index in [1.165, 1.54) is 0 Å². The third kappa shape index (κ3) is 5.24. The fourth-order valence-corrected chi connectivity index (χ4v) is 2.64. The maximum absolute atomic E-state index is 12.6. The highest BCUT2D eigenvalue weighted by molar-refractivity contribution is 5.89. The lowest BCUT2D eigenvalue weighted by Crippen LogP contribution is -2.55. The minimum atomic E-state index is -0.783. The van der Waals surface area contributed by atoms with Gasteiger partial charge < -0.3 is 14.8 Å². The zero-order valence-corrected chi connectivity index (χ0v) is 15.3. The van der Waals surface area contributed by atoms with Gasteiger partial charge in [0.05, 0.1) is 17.9 Å². The highest BCUT2D eigenvalue weighted by atomic mass is 16.6. The Morgan fingerprint density at radius 3 is 2.76 bits per heavy atom. The topological polar surface area (TPSA) is 89.5 Å². The van der Waals surface area contributed by atoms with Gasteiger partial charge in [-0.05, 0) is 52.8 Å². The van der Waals surface area contributed by atoms with Crippen LogP contribution in [0.25, 0.3) is 0 Å². The Hall–Kier alpha value is -1.99. The third-order valence-electron chi connectivity index (χ3n) is 3.88. The second kappa shape index (κ2) is 7.93. The number of hydrogen-bond acceptors (Lipinski definition) is 7. The summed E-state index contributed by atoms with van der Waals surface area (Å²) >= 11 is 0. The Morgan fingerprint density at radius 2 is 2.16 bits per heavy atom. The molecule has 0 bridgehead atoms. The molecule has 2 N–H and O–H groups in total. The van der Waals surface area contributed by atoms with Crippen molar-refractivity contribution in [2.75, 3.05) is 19.7 Å². The van der Waals surface area contributed by atoms with Crippen LogP contribution < -0.4 is 10.6 Å². The first-order valence-electron chi connectivity index (χ1n) is 8.57. The van der Waals surface area contributed by atoms with Crippen molar-refractivity contribution in [3.8, 4) is 0 Å². The molecule has 7 nitrogen and oxygen atoms in total. The first kappa shape index (κ1) is 19.3. The molecule has 7 heteroatoms. The van der Waals surface area contributed by atoms with Crippen molar-refractivity contribution in [3.05, 3.63) is 29.6 Å². The van der Waals surface area contributed by atoms with Gasteiger partial charge in [-0.25, -0.2) is 9.59 Å². The minimum absolute atomic E-state index is 0.272. The van der Waals surface area contributed by atoms with E-state index in [-0.39, 0.29) is 11.9 Å². The van der Waals surface area contributed by atoms with Crippen molar-refractivity contribution in [1.82, 2.24) is 15.6 Å². The summed E-state index contributed by atoms with van der Waals surface area (Å²) in [6.45, 7) is 9.24. The molecule has 0 aromatic carbocycles. The van der Waals surface area contributed by atoms with E-state index >= 15 is 0 Å². The molecular weight excluding hydrogens is 322 g/mol. The molecule has 0 amide bonds. The van der Waals surface area contributed by atoms with Gasteiger partial charge in [-0.2, -0.15) is 0 Å². The fourth-order valence-electron chi connectivity index (χ4n) is 2.64. The number of hydrogen-bond donors (Lipinski definition) is 2. The van der Waals surface area contributed by atoms with Crippen molar-refractivity contribution in [1.29, 1.82) is 0 Å². The first-order chi connectivity index (χ1) is 11.8. The summed E-state index contributed by atoms with van der Waals surface area (Å²) in [4.78, 5) is 28.7. The van der Waals surface area contributed by atoms with E-state index in [9.17, 15) is 9.59 Å². The predicted octanol–water partition coefficient (Wildman–Crippen LogP) is 1.42. The number of nitrogens with zero attached hydrogens (tertiary/aromatic N) is 1. The Morgan fingerprint density at radius 1 is 1.40 bits per heavy atom. The Labute approximate surface area is 148 Å². The van der Waals surface area contributed by atoms with Crippen molar-refractivity contribution in [3.63, 3.8) is 0 Å². The van der Waals surface area contributed by atoms with Gasteiger partial charge in [-0.1, -0.05) is 0 Å². The molecule has 0 radical (unpaired) electrons. The van der Waals surface area contributed by atoms with E-state index in [0.29, 0.717) is 37.4 Å². The van der Waals surface area contributed by atoms with Crippen molar-refractivity contribution >= 4 is 11.9 Å². The largest absolute Gasteiger partial charge is 0.462 e. The lowest BCUT2D eigenvalue weighted by molar-refractivity contribution is -0.162. The summed E-state index contributed by atoms with van der Waals surface area (Å²) in [6, 6.07) is 3.29. The average Bonchev–Trinajstić information content (AvgIpc) is 3.02. The molecule has 1 atom stereocenters. The molecule has 0 aliphatic carbocycles. The first-order valence-corrected chi connectivity index (χ1v) is 8.57. The van der Waals surface area contributed by atoms with Crippen LogP contribution in [-0.2, 0) is 20.8 Å². The summed E-state index contributed by atoms with van der Waals surface area (Å²) in [5.74, 6) is -0.651. The molecule has 0 spiro atoms. The molecule has 25 heavy (non-hydrogen) atoms. The molecule has 138 valence electrons. The van der Waals surface area contributed by atoms with Crippen molar-refractivity contribution in [2.45, 2.75) is 51.8 Å². The van der Waals surface area contributed by atoms with E-state index in [0.717, 1.165) is 6.54 Å². The molecular formula is C18H27N3O4. The Kier molecular flexibility index (Phi) is 6.13. The number of aromatic nitrogens is 1. The molecule has 1 aliphatic heterocycles. The van der Waals surface area contributed by atoms with Gasteiger partial charge in [0.2, 0.25) is 0 Å². The van der Waals surface area contributed by atoms with Crippen LogP contribution >= 0.6 is 0 Å². The highest BCUT2D eigenvalue weighted by Gasteiger charge is 2.43.